The monoisotopic (exact) mass is 240 g/mol. The zero-order chi connectivity index (χ0) is 13.0. The van der Waals surface area contributed by atoms with E-state index in [0.29, 0.717) is 12.1 Å². The summed E-state index contributed by atoms with van der Waals surface area (Å²) in [4.78, 5) is 18.1. The molecule has 0 unspecified atom stereocenters. The van der Waals surface area contributed by atoms with Crippen LogP contribution in [0.2, 0.25) is 0 Å². The lowest BCUT2D eigenvalue weighted by Crippen LogP contribution is -2.30. The quantitative estimate of drug-likeness (QED) is 0.826. The van der Waals surface area contributed by atoms with E-state index >= 15 is 0 Å². The molecule has 3 heteroatoms. The van der Waals surface area contributed by atoms with E-state index in [-0.39, 0.29) is 5.91 Å². The molecule has 0 spiro atoms. The molecule has 0 saturated heterocycles. The topological polar surface area (TPSA) is 33.2 Å². The standard InChI is InChI=1S/C15H16N2O/c1-3-17(14-8-4-6-12(2)10-14)15(18)13-7-5-9-16-11-13/h4-11H,3H2,1-2H3. The predicted octanol–water partition coefficient (Wildman–Crippen LogP) is 3.06. The van der Waals surface area contributed by atoms with E-state index in [1.165, 1.54) is 0 Å². The highest BCUT2D eigenvalue weighted by Gasteiger charge is 2.15. The number of aromatic nitrogens is 1. The summed E-state index contributed by atoms with van der Waals surface area (Å²) in [6.07, 6.45) is 3.26. The summed E-state index contributed by atoms with van der Waals surface area (Å²) in [7, 11) is 0. The van der Waals surface area contributed by atoms with Crippen LogP contribution in [0.4, 0.5) is 5.69 Å². The smallest absolute Gasteiger partial charge is 0.259 e. The summed E-state index contributed by atoms with van der Waals surface area (Å²) < 4.78 is 0. The van der Waals surface area contributed by atoms with Crippen molar-refractivity contribution in [3.8, 4) is 0 Å². The second-order valence-electron chi connectivity index (χ2n) is 4.13. The van der Waals surface area contributed by atoms with E-state index in [9.17, 15) is 4.79 Å². The number of anilines is 1. The van der Waals surface area contributed by atoms with Crippen LogP contribution in [0.1, 0.15) is 22.8 Å². The molecule has 0 aliphatic carbocycles. The molecule has 0 radical (unpaired) electrons. The first kappa shape index (κ1) is 12.3. The van der Waals surface area contributed by atoms with Crippen molar-refractivity contribution in [3.63, 3.8) is 0 Å². The Morgan fingerprint density at radius 3 is 2.72 bits per heavy atom. The number of hydrogen-bond donors (Lipinski definition) is 0. The van der Waals surface area contributed by atoms with Crippen LogP contribution in [0.25, 0.3) is 0 Å². The normalized spacial score (nSPS) is 10.1. The van der Waals surface area contributed by atoms with Gasteiger partial charge in [-0.05, 0) is 43.7 Å². The zero-order valence-corrected chi connectivity index (χ0v) is 10.6. The van der Waals surface area contributed by atoms with Crippen LogP contribution in [-0.2, 0) is 0 Å². The highest BCUT2D eigenvalue weighted by Crippen LogP contribution is 2.18. The average Bonchev–Trinajstić information content (AvgIpc) is 2.40. The van der Waals surface area contributed by atoms with Gasteiger partial charge in [-0.2, -0.15) is 0 Å². The summed E-state index contributed by atoms with van der Waals surface area (Å²) in [5, 5.41) is 0. The van der Waals surface area contributed by atoms with E-state index in [1.54, 1.807) is 29.4 Å². The summed E-state index contributed by atoms with van der Waals surface area (Å²) >= 11 is 0. The van der Waals surface area contributed by atoms with Gasteiger partial charge in [0.05, 0.1) is 5.56 Å². The molecular weight excluding hydrogens is 224 g/mol. The van der Waals surface area contributed by atoms with Gasteiger partial charge in [0, 0.05) is 24.6 Å². The number of carbonyl (C=O) groups excluding carboxylic acids is 1. The summed E-state index contributed by atoms with van der Waals surface area (Å²) in [6, 6.07) is 11.5. The molecule has 0 bridgehead atoms. The van der Waals surface area contributed by atoms with Gasteiger partial charge in [-0.1, -0.05) is 12.1 Å². The first-order chi connectivity index (χ1) is 8.72. The van der Waals surface area contributed by atoms with Crippen molar-refractivity contribution in [2.24, 2.45) is 0 Å². The minimum Gasteiger partial charge on any atom is -0.309 e. The number of hydrogen-bond acceptors (Lipinski definition) is 2. The molecule has 0 saturated carbocycles. The van der Waals surface area contributed by atoms with Gasteiger partial charge in [0.15, 0.2) is 0 Å². The number of benzene rings is 1. The summed E-state index contributed by atoms with van der Waals surface area (Å²) in [5.74, 6) is -0.0174. The van der Waals surface area contributed by atoms with Crippen LogP contribution in [0.3, 0.4) is 0 Å². The molecule has 1 aromatic heterocycles. The molecule has 0 fully saturated rings. The van der Waals surface area contributed by atoms with E-state index in [1.807, 2.05) is 38.1 Å². The van der Waals surface area contributed by atoms with Gasteiger partial charge >= 0.3 is 0 Å². The molecule has 0 N–H and O–H groups in total. The Balaban J connectivity index is 2.32. The van der Waals surface area contributed by atoms with Crippen LogP contribution in [0.5, 0.6) is 0 Å². The van der Waals surface area contributed by atoms with E-state index in [2.05, 4.69) is 4.98 Å². The maximum atomic E-state index is 12.4. The van der Waals surface area contributed by atoms with E-state index < -0.39 is 0 Å². The largest absolute Gasteiger partial charge is 0.309 e. The molecule has 2 aromatic rings. The maximum absolute atomic E-state index is 12.4. The van der Waals surface area contributed by atoms with Crippen molar-refractivity contribution in [1.82, 2.24) is 4.98 Å². The lowest BCUT2D eigenvalue weighted by Gasteiger charge is -2.21. The number of carbonyl (C=O) groups is 1. The number of aryl methyl sites for hydroxylation is 1. The minimum atomic E-state index is -0.0174. The average molecular weight is 240 g/mol. The van der Waals surface area contributed by atoms with Crippen LogP contribution < -0.4 is 4.90 Å². The van der Waals surface area contributed by atoms with Crippen molar-refractivity contribution >= 4 is 11.6 Å². The molecule has 92 valence electrons. The predicted molar refractivity (Wildman–Crippen MR) is 72.8 cm³/mol. The molecule has 2 rings (SSSR count). The minimum absolute atomic E-state index is 0.0174. The van der Waals surface area contributed by atoms with Gasteiger partial charge in [-0.15, -0.1) is 0 Å². The Morgan fingerprint density at radius 2 is 2.11 bits per heavy atom. The molecule has 0 aliphatic heterocycles. The van der Waals surface area contributed by atoms with Crippen molar-refractivity contribution in [2.75, 3.05) is 11.4 Å². The summed E-state index contributed by atoms with van der Waals surface area (Å²) in [5.41, 5.74) is 2.68. The Bertz CT molecular complexity index is 537. The second-order valence-corrected chi connectivity index (χ2v) is 4.13. The first-order valence-electron chi connectivity index (χ1n) is 6.01. The molecule has 0 aliphatic rings. The van der Waals surface area contributed by atoms with Crippen LogP contribution in [0, 0.1) is 6.92 Å². The lowest BCUT2D eigenvalue weighted by molar-refractivity contribution is 0.0988. The number of amides is 1. The van der Waals surface area contributed by atoms with Gasteiger partial charge in [0.2, 0.25) is 0 Å². The Kier molecular flexibility index (Phi) is 3.72. The number of nitrogens with zero attached hydrogens (tertiary/aromatic N) is 2. The number of pyridine rings is 1. The van der Waals surface area contributed by atoms with Crippen molar-refractivity contribution < 1.29 is 4.79 Å². The lowest BCUT2D eigenvalue weighted by atomic mass is 10.2. The summed E-state index contributed by atoms with van der Waals surface area (Å²) in [6.45, 7) is 4.62. The van der Waals surface area contributed by atoms with Gasteiger partial charge in [0.25, 0.3) is 5.91 Å². The van der Waals surface area contributed by atoms with Crippen molar-refractivity contribution in [3.05, 3.63) is 59.9 Å². The third-order valence-corrected chi connectivity index (χ3v) is 2.78. The SMILES string of the molecule is CCN(C(=O)c1cccnc1)c1cccc(C)c1. The van der Waals surface area contributed by atoms with Crippen LogP contribution >= 0.6 is 0 Å². The molecule has 18 heavy (non-hydrogen) atoms. The highest BCUT2D eigenvalue weighted by atomic mass is 16.2. The Morgan fingerprint density at radius 1 is 1.28 bits per heavy atom. The second kappa shape index (κ2) is 5.45. The molecular formula is C15H16N2O. The molecule has 0 atom stereocenters. The first-order valence-corrected chi connectivity index (χ1v) is 6.01. The van der Waals surface area contributed by atoms with E-state index in [4.69, 9.17) is 0 Å². The fraction of sp³-hybridized carbons (Fsp3) is 0.200. The van der Waals surface area contributed by atoms with Crippen LogP contribution in [0.15, 0.2) is 48.8 Å². The fourth-order valence-corrected chi connectivity index (χ4v) is 1.88. The van der Waals surface area contributed by atoms with Gasteiger partial charge in [-0.25, -0.2) is 0 Å². The Hall–Kier alpha value is -2.16. The van der Waals surface area contributed by atoms with Crippen LogP contribution in [-0.4, -0.2) is 17.4 Å². The van der Waals surface area contributed by atoms with Crippen molar-refractivity contribution in [2.45, 2.75) is 13.8 Å². The maximum Gasteiger partial charge on any atom is 0.259 e. The van der Waals surface area contributed by atoms with Gasteiger partial charge < -0.3 is 4.90 Å². The van der Waals surface area contributed by atoms with Crippen molar-refractivity contribution in [1.29, 1.82) is 0 Å². The zero-order valence-electron chi connectivity index (χ0n) is 10.6. The highest BCUT2D eigenvalue weighted by molar-refractivity contribution is 6.05. The number of rotatable bonds is 3. The third-order valence-electron chi connectivity index (χ3n) is 2.78. The van der Waals surface area contributed by atoms with Gasteiger partial charge in [-0.3, -0.25) is 9.78 Å². The molecule has 1 amide bonds. The molecule has 1 heterocycles. The molecule has 3 nitrogen and oxygen atoms in total. The third kappa shape index (κ3) is 2.56. The Labute approximate surface area is 107 Å². The van der Waals surface area contributed by atoms with Gasteiger partial charge in [0.1, 0.15) is 0 Å². The fourth-order valence-electron chi connectivity index (χ4n) is 1.88. The molecule has 1 aromatic carbocycles. The van der Waals surface area contributed by atoms with E-state index in [0.717, 1.165) is 11.3 Å².